The Morgan fingerprint density at radius 1 is 1.50 bits per heavy atom. The molecular formula is C11H12BrNO2S. The average molecular weight is 302 g/mol. The van der Waals surface area contributed by atoms with Gasteiger partial charge in [-0.2, -0.15) is 0 Å². The number of ether oxygens (including phenoxy) is 1. The van der Waals surface area contributed by atoms with Crippen LogP contribution in [0.4, 0.5) is 4.79 Å². The molecule has 0 aliphatic heterocycles. The lowest BCUT2D eigenvalue weighted by molar-refractivity contribution is 0.211. The Labute approximate surface area is 107 Å². The van der Waals surface area contributed by atoms with Gasteiger partial charge in [0.05, 0.1) is 0 Å². The maximum Gasteiger partial charge on any atom is 0.409 e. The predicted molar refractivity (Wildman–Crippen MR) is 67.8 cm³/mol. The van der Waals surface area contributed by atoms with Crippen molar-refractivity contribution in [3.63, 3.8) is 0 Å². The van der Waals surface area contributed by atoms with Crippen molar-refractivity contribution in [3.8, 4) is 5.75 Å². The van der Waals surface area contributed by atoms with Crippen LogP contribution in [0.25, 0.3) is 0 Å². The minimum Gasteiger partial charge on any atom is -0.410 e. The summed E-state index contributed by atoms with van der Waals surface area (Å²) in [5.74, 6) is 0.498. The highest BCUT2D eigenvalue weighted by atomic mass is 79.9. The van der Waals surface area contributed by atoms with Crippen molar-refractivity contribution in [1.82, 2.24) is 0 Å². The molecule has 0 radical (unpaired) electrons. The highest BCUT2D eigenvalue weighted by Crippen LogP contribution is 2.40. The lowest BCUT2D eigenvalue weighted by Crippen LogP contribution is -2.16. The molecule has 0 spiro atoms. The first-order chi connectivity index (χ1) is 7.65. The normalized spacial score (nSPS) is 15.6. The van der Waals surface area contributed by atoms with E-state index < -0.39 is 6.09 Å². The lowest BCUT2D eigenvalue weighted by atomic mass is 10.0. The summed E-state index contributed by atoms with van der Waals surface area (Å²) in [5.41, 5.74) is 4.97. The number of carbonyl (C=O) groups excluding carboxylic acids is 1. The van der Waals surface area contributed by atoms with Gasteiger partial charge in [0.15, 0.2) is 0 Å². The number of hydrogen-bond acceptors (Lipinski definition) is 3. The predicted octanol–water partition coefficient (Wildman–Crippen LogP) is 3.55. The Morgan fingerprint density at radius 2 is 2.25 bits per heavy atom. The van der Waals surface area contributed by atoms with Crippen LogP contribution >= 0.6 is 27.7 Å². The molecule has 1 aromatic rings. The van der Waals surface area contributed by atoms with Crippen molar-refractivity contribution in [1.29, 1.82) is 0 Å². The second-order valence-electron chi connectivity index (χ2n) is 3.68. The average Bonchev–Trinajstić information content (AvgIpc) is 2.15. The number of carbonyl (C=O) groups is 1. The van der Waals surface area contributed by atoms with Crippen molar-refractivity contribution in [2.45, 2.75) is 29.4 Å². The molecule has 16 heavy (non-hydrogen) atoms. The van der Waals surface area contributed by atoms with Crippen LogP contribution < -0.4 is 10.5 Å². The second-order valence-corrected chi connectivity index (χ2v) is 5.88. The minimum absolute atomic E-state index is 0.498. The van der Waals surface area contributed by atoms with Gasteiger partial charge in [-0.1, -0.05) is 6.42 Å². The Bertz CT molecular complexity index is 407. The minimum atomic E-state index is -0.776. The van der Waals surface area contributed by atoms with Gasteiger partial charge >= 0.3 is 6.09 Å². The molecule has 86 valence electrons. The zero-order valence-electron chi connectivity index (χ0n) is 8.61. The van der Waals surface area contributed by atoms with Crippen LogP contribution in [-0.4, -0.2) is 11.3 Å². The molecule has 1 aromatic carbocycles. The number of rotatable bonds is 3. The van der Waals surface area contributed by atoms with Gasteiger partial charge in [0.2, 0.25) is 0 Å². The molecule has 1 fully saturated rings. The molecule has 0 unspecified atom stereocenters. The number of thioether (sulfide) groups is 1. The van der Waals surface area contributed by atoms with Gasteiger partial charge in [0, 0.05) is 14.6 Å². The highest BCUT2D eigenvalue weighted by Gasteiger charge is 2.19. The maximum atomic E-state index is 10.6. The van der Waals surface area contributed by atoms with E-state index in [1.165, 1.54) is 19.3 Å². The molecule has 3 nitrogen and oxygen atoms in total. The number of nitrogens with two attached hydrogens (primary N) is 1. The first-order valence-corrected chi connectivity index (χ1v) is 6.76. The van der Waals surface area contributed by atoms with Crippen molar-refractivity contribution >= 4 is 33.8 Å². The summed E-state index contributed by atoms with van der Waals surface area (Å²) in [5, 5.41) is 0.695. The number of benzene rings is 1. The van der Waals surface area contributed by atoms with E-state index in [0.29, 0.717) is 11.0 Å². The molecule has 0 bridgehead atoms. The third kappa shape index (κ3) is 2.92. The summed E-state index contributed by atoms with van der Waals surface area (Å²) in [6.07, 6.45) is 3.06. The molecule has 1 saturated carbocycles. The summed E-state index contributed by atoms with van der Waals surface area (Å²) in [7, 11) is 0. The molecular weight excluding hydrogens is 290 g/mol. The van der Waals surface area contributed by atoms with Gasteiger partial charge in [-0.05, 0) is 47.0 Å². The van der Waals surface area contributed by atoms with Crippen molar-refractivity contribution < 1.29 is 9.53 Å². The summed E-state index contributed by atoms with van der Waals surface area (Å²) < 4.78 is 5.88. The summed E-state index contributed by atoms with van der Waals surface area (Å²) in [6.45, 7) is 0. The Hall–Kier alpha value is -0.680. The first kappa shape index (κ1) is 11.8. The molecule has 1 aliphatic rings. The van der Waals surface area contributed by atoms with E-state index in [1.54, 1.807) is 6.07 Å². The number of halogens is 1. The van der Waals surface area contributed by atoms with Crippen LogP contribution in [0, 0.1) is 0 Å². The molecule has 0 aromatic heterocycles. The van der Waals surface area contributed by atoms with Crippen molar-refractivity contribution in [2.75, 3.05) is 0 Å². The monoisotopic (exact) mass is 301 g/mol. The molecule has 1 amide bonds. The van der Waals surface area contributed by atoms with Gasteiger partial charge in [-0.3, -0.25) is 0 Å². The van der Waals surface area contributed by atoms with E-state index in [0.717, 1.165) is 9.37 Å². The van der Waals surface area contributed by atoms with Crippen LogP contribution in [-0.2, 0) is 0 Å². The fraction of sp³-hybridized carbons (Fsp3) is 0.364. The van der Waals surface area contributed by atoms with E-state index in [2.05, 4.69) is 15.9 Å². The van der Waals surface area contributed by atoms with Crippen LogP contribution in [0.2, 0.25) is 0 Å². The van der Waals surface area contributed by atoms with Crippen LogP contribution in [0.15, 0.2) is 27.6 Å². The fourth-order valence-electron chi connectivity index (χ4n) is 1.42. The van der Waals surface area contributed by atoms with Gasteiger partial charge in [-0.25, -0.2) is 4.79 Å². The topological polar surface area (TPSA) is 52.3 Å². The van der Waals surface area contributed by atoms with E-state index >= 15 is 0 Å². The van der Waals surface area contributed by atoms with Crippen molar-refractivity contribution in [2.24, 2.45) is 5.73 Å². The third-order valence-corrected chi connectivity index (χ3v) is 4.82. The quantitative estimate of drug-likeness (QED) is 0.929. The standard InChI is InChI=1S/C11H12BrNO2S/c12-9-5-4-7(15-11(13)14)6-10(9)16-8-2-1-3-8/h4-6,8H,1-3H2,(H2,13,14). The fourth-order valence-corrected chi connectivity index (χ4v) is 3.24. The number of hydrogen-bond donors (Lipinski definition) is 1. The molecule has 0 heterocycles. The summed E-state index contributed by atoms with van der Waals surface area (Å²) in [6, 6.07) is 5.44. The lowest BCUT2D eigenvalue weighted by Gasteiger charge is -2.25. The van der Waals surface area contributed by atoms with Crippen molar-refractivity contribution in [3.05, 3.63) is 22.7 Å². The third-order valence-electron chi connectivity index (χ3n) is 2.47. The largest absolute Gasteiger partial charge is 0.410 e. The zero-order valence-corrected chi connectivity index (χ0v) is 11.0. The molecule has 0 atom stereocenters. The Balaban J connectivity index is 2.11. The van der Waals surface area contributed by atoms with Crippen LogP contribution in [0.5, 0.6) is 5.75 Å². The van der Waals surface area contributed by atoms with E-state index in [-0.39, 0.29) is 0 Å². The van der Waals surface area contributed by atoms with Gasteiger partial charge in [-0.15, -0.1) is 11.8 Å². The van der Waals surface area contributed by atoms with E-state index in [9.17, 15) is 4.79 Å². The first-order valence-electron chi connectivity index (χ1n) is 5.08. The molecule has 1 aliphatic carbocycles. The molecule has 2 N–H and O–H groups in total. The van der Waals surface area contributed by atoms with Gasteiger partial charge in [0.25, 0.3) is 0 Å². The smallest absolute Gasteiger partial charge is 0.409 e. The zero-order chi connectivity index (χ0) is 11.5. The Morgan fingerprint density at radius 3 is 2.81 bits per heavy atom. The molecule has 2 rings (SSSR count). The van der Waals surface area contributed by atoms with E-state index in [4.69, 9.17) is 10.5 Å². The van der Waals surface area contributed by atoms with E-state index in [1.807, 2.05) is 23.9 Å². The molecule has 0 saturated heterocycles. The highest BCUT2D eigenvalue weighted by molar-refractivity contribution is 9.10. The summed E-state index contributed by atoms with van der Waals surface area (Å²) in [4.78, 5) is 11.7. The number of amides is 1. The molecule has 5 heteroatoms. The second kappa shape index (κ2) is 5.10. The maximum absolute atomic E-state index is 10.6. The number of primary amides is 1. The van der Waals surface area contributed by atoms with Crippen LogP contribution in [0.3, 0.4) is 0 Å². The van der Waals surface area contributed by atoms with Crippen LogP contribution in [0.1, 0.15) is 19.3 Å². The Kier molecular flexibility index (Phi) is 3.76. The van der Waals surface area contributed by atoms with Gasteiger partial charge < -0.3 is 10.5 Å². The SMILES string of the molecule is NC(=O)Oc1ccc(Br)c(SC2CCC2)c1. The summed E-state index contributed by atoms with van der Waals surface area (Å²) >= 11 is 5.31. The van der Waals surface area contributed by atoms with Gasteiger partial charge in [0.1, 0.15) is 5.75 Å².